The van der Waals surface area contributed by atoms with E-state index in [1.54, 1.807) is 11.8 Å². The molecule has 3 nitrogen and oxygen atoms in total. The van der Waals surface area contributed by atoms with Gasteiger partial charge in [0.15, 0.2) is 0 Å². The SMILES string of the molecule is Cc1c2c(c3ccccc3c1O)NC(Nc1ccccc1)S2. The number of benzene rings is 3. The Morgan fingerprint density at radius 2 is 1.68 bits per heavy atom. The third kappa shape index (κ3) is 2.07. The largest absolute Gasteiger partial charge is 0.507 e. The quantitative estimate of drug-likeness (QED) is 0.597. The Hall–Kier alpha value is -2.33. The van der Waals surface area contributed by atoms with E-state index in [0.717, 1.165) is 32.6 Å². The molecule has 4 rings (SSSR count). The van der Waals surface area contributed by atoms with Crippen molar-refractivity contribution in [3.63, 3.8) is 0 Å². The molecule has 4 heteroatoms. The highest BCUT2D eigenvalue weighted by atomic mass is 32.2. The van der Waals surface area contributed by atoms with Gasteiger partial charge in [-0.2, -0.15) is 0 Å². The van der Waals surface area contributed by atoms with Crippen molar-refractivity contribution < 1.29 is 5.11 Å². The second-order valence-electron chi connectivity index (χ2n) is 5.38. The molecule has 3 aromatic rings. The molecule has 1 atom stereocenters. The van der Waals surface area contributed by atoms with Crippen LogP contribution in [0.5, 0.6) is 5.75 Å². The van der Waals surface area contributed by atoms with Crippen molar-refractivity contribution in [3.05, 3.63) is 60.2 Å². The molecule has 0 amide bonds. The van der Waals surface area contributed by atoms with E-state index in [1.807, 2.05) is 61.5 Å². The van der Waals surface area contributed by atoms with E-state index in [1.165, 1.54) is 0 Å². The maximum atomic E-state index is 10.4. The smallest absolute Gasteiger partial charge is 0.150 e. The molecule has 0 saturated heterocycles. The highest BCUT2D eigenvalue weighted by Gasteiger charge is 2.27. The fourth-order valence-corrected chi connectivity index (χ4v) is 4.01. The van der Waals surface area contributed by atoms with Crippen LogP contribution in [0, 0.1) is 6.92 Å². The van der Waals surface area contributed by atoms with Crippen LogP contribution in [0.1, 0.15) is 5.56 Å². The number of phenolic OH excluding ortho intramolecular Hbond substituents is 1. The summed E-state index contributed by atoms with van der Waals surface area (Å²) >= 11 is 1.70. The average molecular weight is 308 g/mol. The number of nitrogens with one attached hydrogen (secondary N) is 2. The summed E-state index contributed by atoms with van der Waals surface area (Å²) in [4.78, 5) is 1.12. The third-order valence-electron chi connectivity index (χ3n) is 3.96. The zero-order valence-electron chi connectivity index (χ0n) is 12.1. The fourth-order valence-electron chi connectivity index (χ4n) is 2.85. The van der Waals surface area contributed by atoms with Gasteiger partial charge in [-0.3, -0.25) is 0 Å². The van der Waals surface area contributed by atoms with E-state index in [2.05, 4.69) is 10.6 Å². The molecule has 22 heavy (non-hydrogen) atoms. The van der Waals surface area contributed by atoms with Crippen LogP contribution in [0.15, 0.2) is 59.5 Å². The molecule has 3 aromatic carbocycles. The molecular formula is C18H16N2OS. The van der Waals surface area contributed by atoms with Gasteiger partial charge in [-0.05, 0) is 19.1 Å². The van der Waals surface area contributed by atoms with Gasteiger partial charge in [-0.25, -0.2) is 0 Å². The van der Waals surface area contributed by atoms with Crippen LogP contribution >= 0.6 is 11.8 Å². The lowest BCUT2D eigenvalue weighted by atomic mass is 10.0. The van der Waals surface area contributed by atoms with Gasteiger partial charge in [0.1, 0.15) is 11.2 Å². The average Bonchev–Trinajstić information content (AvgIpc) is 2.98. The predicted molar refractivity (Wildman–Crippen MR) is 93.7 cm³/mol. The van der Waals surface area contributed by atoms with Gasteiger partial charge in [0, 0.05) is 26.9 Å². The summed E-state index contributed by atoms with van der Waals surface area (Å²) < 4.78 is 0. The van der Waals surface area contributed by atoms with E-state index >= 15 is 0 Å². The summed E-state index contributed by atoms with van der Waals surface area (Å²) in [6, 6.07) is 18.1. The van der Waals surface area contributed by atoms with Crippen molar-refractivity contribution in [2.24, 2.45) is 0 Å². The molecule has 0 spiro atoms. The van der Waals surface area contributed by atoms with E-state index in [9.17, 15) is 5.11 Å². The van der Waals surface area contributed by atoms with Gasteiger partial charge in [0.25, 0.3) is 0 Å². The molecule has 0 fully saturated rings. The molecule has 0 bridgehead atoms. The zero-order chi connectivity index (χ0) is 15.1. The molecule has 0 saturated carbocycles. The first-order valence-electron chi connectivity index (χ1n) is 7.23. The van der Waals surface area contributed by atoms with Crippen molar-refractivity contribution in [3.8, 4) is 5.75 Å². The monoisotopic (exact) mass is 308 g/mol. The van der Waals surface area contributed by atoms with Gasteiger partial charge in [0.05, 0.1) is 5.69 Å². The van der Waals surface area contributed by atoms with E-state index in [4.69, 9.17) is 0 Å². The fraction of sp³-hybridized carbons (Fsp3) is 0.111. The molecule has 1 heterocycles. The van der Waals surface area contributed by atoms with Gasteiger partial charge in [-0.1, -0.05) is 54.2 Å². The van der Waals surface area contributed by atoms with Gasteiger partial charge in [0.2, 0.25) is 0 Å². The first kappa shape index (κ1) is 13.3. The number of hydrogen-bond donors (Lipinski definition) is 3. The summed E-state index contributed by atoms with van der Waals surface area (Å²) in [5.41, 5.74) is 3.17. The van der Waals surface area contributed by atoms with Crippen LogP contribution < -0.4 is 10.6 Å². The van der Waals surface area contributed by atoms with Crippen LogP contribution in [0.25, 0.3) is 10.8 Å². The maximum Gasteiger partial charge on any atom is 0.150 e. The molecule has 110 valence electrons. The maximum absolute atomic E-state index is 10.4. The minimum Gasteiger partial charge on any atom is -0.507 e. The Bertz CT molecular complexity index is 849. The Labute approximate surface area is 133 Å². The number of phenols is 1. The number of rotatable bonds is 2. The summed E-state index contributed by atoms with van der Waals surface area (Å²) in [5.74, 6) is 0.379. The molecule has 0 aliphatic carbocycles. The first-order valence-corrected chi connectivity index (χ1v) is 8.11. The topological polar surface area (TPSA) is 44.3 Å². The van der Waals surface area contributed by atoms with Crippen molar-refractivity contribution >= 4 is 33.9 Å². The molecule has 1 aliphatic rings. The number of hydrogen-bond acceptors (Lipinski definition) is 4. The summed E-state index contributed by atoms with van der Waals surface area (Å²) in [7, 11) is 0. The minimum absolute atomic E-state index is 0.0568. The van der Waals surface area contributed by atoms with Crippen LogP contribution in [0.4, 0.5) is 11.4 Å². The zero-order valence-corrected chi connectivity index (χ0v) is 12.9. The molecule has 1 aliphatic heterocycles. The van der Waals surface area contributed by atoms with Crippen molar-refractivity contribution in [2.75, 3.05) is 10.6 Å². The van der Waals surface area contributed by atoms with Crippen molar-refractivity contribution in [2.45, 2.75) is 17.3 Å². The Morgan fingerprint density at radius 3 is 2.45 bits per heavy atom. The summed E-state index contributed by atoms with van der Waals surface area (Å²) in [6.07, 6.45) is 0. The third-order valence-corrected chi connectivity index (χ3v) is 5.17. The standard InChI is InChI=1S/C18H16N2OS/c1-11-16(21)14-10-6-5-9-13(14)15-17(11)22-18(20-15)19-12-7-3-2-4-8-12/h2-10,18-21H,1H3. The number of para-hydroxylation sites is 1. The second kappa shape index (κ2) is 5.14. The molecule has 1 unspecified atom stereocenters. The van der Waals surface area contributed by atoms with Gasteiger partial charge >= 0.3 is 0 Å². The Kier molecular flexibility index (Phi) is 3.12. The lowest BCUT2D eigenvalue weighted by Crippen LogP contribution is -2.20. The number of anilines is 2. The van der Waals surface area contributed by atoms with Gasteiger partial charge in [-0.15, -0.1) is 0 Å². The summed E-state index contributed by atoms with van der Waals surface area (Å²) in [5, 5.41) is 19.4. The van der Waals surface area contributed by atoms with Crippen LogP contribution in [-0.4, -0.2) is 10.6 Å². The normalized spacial score (nSPS) is 16.3. The lowest BCUT2D eigenvalue weighted by Gasteiger charge is -2.14. The molecular weight excluding hydrogens is 292 g/mol. The van der Waals surface area contributed by atoms with E-state index in [-0.39, 0.29) is 5.50 Å². The molecule has 3 N–H and O–H groups in total. The minimum atomic E-state index is 0.0568. The van der Waals surface area contributed by atoms with E-state index < -0.39 is 0 Å². The highest BCUT2D eigenvalue weighted by Crippen LogP contribution is 2.48. The molecule has 0 radical (unpaired) electrons. The van der Waals surface area contributed by atoms with Crippen LogP contribution in [0.2, 0.25) is 0 Å². The van der Waals surface area contributed by atoms with Gasteiger partial charge < -0.3 is 15.7 Å². The van der Waals surface area contributed by atoms with E-state index in [0.29, 0.717) is 5.75 Å². The first-order chi connectivity index (χ1) is 10.7. The Morgan fingerprint density at radius 1 is 1.00 bits per heavy atom. The van der Waals surface area contributed by atoms with Crippen LogP contribution in [-0.2, 0) is 0 Å². The summed E-state index contributed by atoms with van der Waals surface area (Å²) in [6.45, 7) is 1.97. The predicted octanol–water partition coefficient (Wildman–Crippen LogP) is 4.77. The number of fused-ring (bicyclic) bond motifs is 3. The van der Waals surface area contributed by atoms with Crippen LogP contribution in [0.3, 0.4) is 0 Å². The molecule has 0 aromatic heterocycles. The Balaban J connectivity index is 1.74. The number of aromatic hydroxyl groups is 1. The van der Waals surface area contributed by atoms with Crippen molar-refractivity contribution in [1.29, 1.82) is 0 Å². The highest BCUT2D eigenvalue weighted by molar-refractivity contribution is 8.00. The number of thioether (sulfide) groups is 1. The second-order valence-corrected chi connectivity index (χ2v) is 6.49. The van der Waals surface area contributed by atoms with Crippen molar-refractivity contribution in [1.82, 2.24) is 0 Å². The lowest BCUT2D eigenvalue weighted by molar-refractivity contribution is 0.476.